The predicted octanol–water partition coefficient (Wildman–Crippen LogP) is 1.17. The number of hydrogen-bond donors (Lipinski definition) is 1. The van der Waals surface area contributed by atoms with E-state index < -0.39 is 5.60 Å². The monoisotopic (exact) mass is 275 g/mol. The first-order valence-electron chi connectivity index (χ1n) is 7.61. The number of piperidine rings is 1. The third-order valence-corrected chi connectivity index (χ3v) is 5.19. The third kappa shape index (κ3) is 1.72. The number of aliphatic hydroxyl groups is 1. The molecular formula is C15H21N3O2. The van der Waals surface area contributed by atoms with Gasteiger partial charge in [0.05, 0.1) is 0 Å². The first-order valence-corrected chi connectivity index (χ1v) is 7.61. The molecule has 20 heavy (non-hydrogen) atoms. The zero-order chi connectivity index (χ0) is 13.9. The summed E-state index contributed by atoms with van der Waals surface area (Å²) in [5, 5.41) is 11.0. The summed E-state index contributed by atoms with van der Waals surface area (Å²) in [4.78, 5) is 18.8. The van der Waals surface area contributed by atoms with Gasteiger partial charge in [-0.3, -0.25) is 4.79 Å². The number of carbonyl (C=O) groups excluding carboxylic acids is 1. The fraction of sp³-hybridized carbons (Fsp3) is 0.733. The van der Waals surface area contributed by atoms with Crippen molar-refractivity contribution in [3.8, 4) is 0 Å². The van der Waals surface area contributed by atoms with Gasteiger partial charge in [0.1, 0.15) is 11.4 Å². The Morgan fingerprint density at radius 1 is 1.30 bits per heavy atom. The number of aromatic nitrogens is 2. The largest absolute Gasteiger partial charge is 0.382 e. The van der Waals surface area contributed by atoms with E-state index in [9.17, 15) is 9.90 Å². The lowest BCUT2D eigenvalue weighted by Crippen LogP contribution is -2.53. The van der Waals surface area contributed by atoms with Gasteiger partial charge in [0, 0.05) is 50.3 Å². The quantitative estimate of drug-likeness (QED) is 0.881. The molecule has 2 saturated heterocycles. The van der Waals surface area contributed by atoms with Crippen LogP contribution in [0.25, 0.3) is 0 Å². The molecule has 1 N–H and O–H groups in total. The van der Waals surface area contributed by atoms with Crippen molar-refractivity contribution in [3.05, 3.63) is 18.2 Å². The van der Waals surface area contributed by atoms with Gasteiger partial charge in [-0.2, -0.15) is 0 Å². The molecule has 0 radical (unpaired) electrons. The van der Waals surface area contributed by atoms with Crippen molar-refractivity contribution < 1.29 is 9.90 Å². The molecule has 5 heteroatoms. The molecule has 0 spiro atoms. The molecule has 5 nitrogen and oxygen atoms in total. The molecule has 3 aliphatic rings. The minimum absolute atomic E-state index is 0.198. The summed E-state index contributed by atoms with van der Waals surface area (Å²) in [5.74, 6) is 1.35. The number of aryl methyl sites for hydroxylation is 1. The molecule has 4 rings (SSSR count). The molecule has 0 aromatic carbocycles. The summed E-state index contributed by atoms with van der Waals surface area (Å²) >= 11 is 0. The van der Waals surface area contributed by atoms with E-state index in [0.717, 1.165) is 31.5 Å². The van der Waals surface area contributed by atoms with Gasteiger partial charge in [-0.25, -0.2) is 4.98 Å². The molecule has 2 aliphatic heterocycles. The number of nitrogens with zero attached hydrogens (tertiary/aromatic N) is 3. The van der Waals surface area contributed by atoms with E-state index in [-0.39, 0.29) is 18.0 Å². The van der Waals surface area contributed by atoms with Crippen molar-refractivity contribution in [1.82, 2.24) is 14.5 Å². The topological polar surface area (TPSA) is 58.4 Å². The van der Waals surface area contributed by atoms with Crippen molar-refractivity contribution in [1.29, 1.82) is 0 Å². The normalized spacial score (nSPS) is 36.4. The number of imidazole rings is 1. The highest BCUT2D eigenvalue weighted by Crippen LogP contribution is 2.47. The second-order valence-corrected chi connectivity index (χ2v) is 6.71. The van der Waals surface area contributed by atoms with E-state index in [1.807, 2.05) is 17.8 Å². The minimum atomic E-state index is -0.871. The smallest absolute Gasteiger partial charge is 0.226 e. The summed E-state index contributed by atoms with van der Waals surface area (Å²) in [7, 11) is 1.92. The Morgan fingerprint density at radius 3 is 2.45 bits per heavy atom. The number of carbonyl (C=O) groups is 1. The molecule has 2 atom stereocenters. The fourth-order valence-electron chi connectivity index (χ4n) is 4.12. The van der Waals surface area contributed by atoms with Crippen molar-refractivity contribution in [2.75, 3.05) is 0 Å². The Kier molecular flexibility index (Phi) is 2.52. The van der Waals surface area contributed by atoms with Gasteiger partial charge in [-0.1, -0.05) is 0 Å². The lowest BCUT2D eigenvalue weighted by molar-refractivity contribution is -0.144. The van der Waals surface area contributed by atoms with Crippen molar-refractivity contribution >= 4 is 5.91 Å². The van der Waals surface area contributed by atoms with Gasteiger partial charge < -0.3 is 14.6 Å². The van der Waals surface area contributed by atoms with Crippen molar-refractivity contribution in [2.24, 2.45) is 13.0 Å². The van der Waals surface area contributed by atoms with Crippen LogP contribution in [0.3, 0.4) is 0 Å². The zero-order valence-electron chi connectivity index (χ0n) is 11.8. The molecule has 1 saturated carbocycles. The standard InChI is InChI=1S/C15H21N3O2/c1-17-7-6-16-14(17)15(20)8-11-4-5-12(9-15)18(11)13(19)10-2-3-10/h6-7,10-12,20H,2-5,8-9H2,1H3/t11-,12-/m1/s1. The van der Waals surface area contributed by atoms with Gasteiger partial charge in [0.15, 0.2) is 0 Å². The Balaban J connectivity index is 1.61. The van der Waals surface area contributed by atoms with E-state index in [1.165, 1.54) is 0 Å². The van der Waals surface area contributed by atoms with Gasteiger partial charge in [-0.15, -0.1) is 0 Å². The van der Waals surface area contributed by atoms with Crippen LogP contribution in [-0.2, 0) is 17.4 Å². The first kappa shape index (κ1) is 12.4. The summed E-state index contributed by atoms with van der Waals surface area (Å²) in [6.07, 6.45) is 9.02. The molecular weight excluding hydrogens is 254 g/mol. The molecule has 3 fully saturated rings. The zero-order valence-corrected chi connectivity index (χ0v) is 11.8. The van der Waals surface area contributed by atoms with Crippen LogP contribution in [0.15, 0.2) is 12.4 Å². The molecule has 3 heterocycles. The van der Waals surface area contributed by atoms with Crippen LogP contribution >= 0.6 is 0 Å². The summed E-state index contributed by atoms with van der Waals surface area (Å²) in [5.41, 5.74) is -0.871. The predicted molar refractivity (Wildman–Crippen MR) is 72.7 cm³/mol. The van der Waals surface area contributed by atoms with Crippen LogP contribution in [0.1, 0.15) is 44.3 Å². The van der Waals surface area contributed by atoms with Crippen molar-refractivity contribution in [3.63, 3.8) is 0 Å². The number of rotatable bonds is 2. The van der Waals surface area contributed by atoms with Gasteiger partial charge in [0.2, 0.25) is 5.91 Å². The number of amides is 1. The molecule has 2 bridgehead atoms. The van der Waals surface area contributed by atoms with E-state index in [4.69, 9.17) is 0 Å². The number of hydrogen-bond acceptors (Lipinski definition) is 3. The number of fused-ring (bicyclic) bond motifs is 2. The average Bonchev–Trinajstić information content (AvgIpc) is 3.10. The summed E-state index contributed by atoms with van der Waals surface area (Å²) in [6.45, 7) is 0. The van der Waals surface area contributed by atoms with Gasteiger partial charge in [-0.05, 0) is 25.7 Å². The summed E-state index contributed by atoms with van der Waals surface area (Å²) < 4.78 is 1.90. The molecule has 1 aromatic heterocycles. The van der Waals surface area contributed by atoms with Crippen molar-refractivity contribution in [2.45, 2.75) is 56.2 Å². The SMILES string of the molecule is Cn1ccnc1C1(O)C[C@H]2CC[C@H](C1)N2C(=O)C1CC1. The van der Waals surface area contributed by atoms with E-state index in [0.29, 0.717) is 18.7 Å². The third-order valence-electron chi connectivity index (χ3n) is 5.19. The molecule has 1 aromatic rings. The van der Waals surface area contributed by atoms with Gasteiger partial charge >= 0.3 is 0 Å². The molecule has 0 unspecified atom stereocenters. The Bertz CT molecular complexity index is 535. The second kappa shape index (κ2) is 4.07. The van der Waals surface area contributed by atoms with Crippen LogP contribution in [-0.4, -0.2) is 37.5 Å². The van der Waals surface area contributed by atoms with Crippen LogP contribution < -0.4 is 0 Å². The average molecular weight is 275 g/mol. The highest BCUT2D eigenvalue weighted by atomic mass is 16.3. The van der Waals surface area contributed by atoms with Gasteiger partial charge in [0.25, 0.3) is 0 Å². The lowest BCUT2D eigenvalue weighted by atomic mass is 9.85. The molecule has 108 valence electrons. The Labute approximate surface area is 118 Å². The van der Waals surface area contributed by atoms with E-state index in [2.05, 4.69) is 9.88 Å². The molecule has 1 amide bonds. The highest BCUT2D eigenvalue weighted by molar-refractivity contribution is 5.82. The highest BCUT2D eigenvalue weighted by Gasteiger charge is 2.53. The van der Waals surface area contributed by atoms with E-state index in [1.54, 1.807) is 6.20 Å². The Hall–Kier alpha value is -1.36. The van der Waals surface area contributed by atoms with Crippen LogP contribution in [0.2, 0.25) is 0 Å². The van der Waals surface area contributed by atoms with Crippen LogP contribution in [0.5, 0.6) is 0 Å². The maximum Gasteiger partial charge on any atom is 0.226 e. The minimum Gasteiger partial charge on any atom is -0.382 e. The van der Waals surface area contributed by atoms with E-state index >= 15 is 0 Å². The Morgan fingerprint density at radius 2 is 1.95 bits per heavy atom. The van der Waals surface area contributed by atoms with Crippen LogP contribution in [0, 0.1) is 5.92 Å². The fourth-order valence-corrected chi connectivity index (χ4v) is 4.12. The second-order valence-electron chi connectivity index (χ2n) is 6.71. The maximum absolute atomic E-state index is 12.4. The summed E-state index contributed by atoms with van der Waals surface area (Å²) in [6, 6.07) is 0.395. The lowest BCUT2D eigenvalue weighted by Gasteiger charge is -2.43. The maximum atomic E-state index is 12.4. The first-order chi connectivity index (χ1) is 9.58. The van der Waals surface area contributed by atoms with Crippen LogP contribution in [0.4, 0.5) is 0 Å². The molecule has 1 aliphatic carbocycles.